The predicted octanol–water partition coefficient (Wildman–Crippen LogP) is 3.95. The second-order valence-corrected chi connectivity index (χ2v) is 6.10. The minimum atomic E-state index is -0.945. The molecule has 0 radical (unpaired) electrons. The maximum absolute atomic E-state index is 10.9. The van der Waals surface area contributed by atoms with Crippen molar-refractivity contribution in [2.75, 3.05) is 0 Å². The van der Waals surface area contributed by atoms with Gasteiger partial charge in [0.1, 0.15) is 5.52 Å². The predicted molar refractivity (Wildman–Crippen MR) is 73.7 cm³/mol. The van der Waals surface area contributed by atoms with E-state index in [0.29, 0.717) is 16.1 Å². The lowest BCUT2D eigenvalue weighted by Gasteiger charge is -2.18. The van der Waals surface area contributed by atoms with Gasteiger partial charge < -0.3 is 9.52 Å². The summed E-state index contributed by atoms with van der Waals surface area (Å²) in [5.74, 6) is -0.945. The standard InChI is InChI=1S/C14H15NO3S/c16-13(17)9-6-7-11-12(8-9)18-14(15-11)19-10-4-2-1-3-5-10/h6-8,10H,1-5H2,(H,16,17). The molecule has 1 aliphatic rings. The number of carboxylic acids is 1. The summed E-state index contributed by atoms with van der Waals surface area (Å²) in [7, 11) is 0. The first-order chi connectivity index (χ1) is 9.22. The van der Waals surface area contributed by atoms with E-state index in [-0.39, 0.29) is 5.56 Å². The summed E-state index contributed by atoms with van der Waals surface area (Å²) >= 11 is 1.68. The molecular weight excluding hydrogens is 262 g/mol. The molecule has 1 N–H and O–H groups in total. The molecule has 0 amide bonds. The quantitative estimate of drug-likeness (QED) is 0.920. The number of benzene rings is 1. The van der Waals surface area contributed by atoms with E-state index in [1.54, 1.807) is 23.9 Å². The third-order valence-corrected chi connectivity index (χ3v) is 4.62. The molecule has 1 aromatic heterocycles. The van der Waals surface area contributed by atoms with Crippen molar-refractivity contribution in [2.45, 2.75) is 42.6 Å². The summed E-state index contributed by atoms with van der Waals surface area (Å²) in [6.07, 6.45) is 6.31. The second kappa shape index (κ2) is 5.25. The average Bonchev–Trinajstić information content (AvgIpc) is 2.80. The van der Waals surface area contributed by atoms with Crippen molar-refractivity contribution < 1.29 is 14.3 Å². The van der Waals surface area contributed by atoms with Crippen LogP contribution < -0.4 is 0 Å². The van der Waals surface area contributed by atoms with Crippen molar-refractivity contribution in [1.29, 1.82) is 0 Å². The monoisotopic (exact) mass is 277 g/mol. The van der Waals surface area contributed by atoms with E-state index in [0.717, 1.165) is 5.52 Å². The number of aromatic carboxylic acids is 1. The highest BCUT2D eigenvalue weighted by molar-refractivity contribution is 7.99. The molecule has 19 heavy (non-hydrogen) atoms. The lowest BCUT2D eigenvalue weighted by Crippen LogP contribution is -2.07. The highest BCUT2D eigenvalue weighted by Crippen LogP contribution is 2.34. The van der Waals surface area contributed by atoms with E-state index in [1.807, 2.05) is 0 Å². The first kappa shape index (κ1) is 12.5. The van der Waals surface area contributed by atoms with Gasteiger partial charge in [0.05, 0.1) is 5.56 Å². The normalized spacial score (nSPS) is 16.8. The number of rotatable bonds is 3. The van der Waals surface area contributed by atoms with E-state index in [1.165, 1.54) is 38.2 Å². The molecule has 5 heteroatoms. The van der Waals surface area contributed by atoms with Crippen LogP contribution in [0.15, 0.2) is 27.8 Å². The number of oxazole rings is 1. The molecule has 0 unspecified atom stereocenters. The lowest BCUT2D eigenvalue weighted by atomic mass is 10.0. The molecule has 0 saturated heterocycles. The fourth-order valence-corrected chi connectivity index (χ4v) is 3.56. The first-order valence-electron chi connectivity index (χ1n) is 6.53. The molecule has 1 fully saturated rings. The molecule has 1 aromatic carbocycles. The fraction of sp³-hybridized carbons (Fsp3) is 0.429. The van der Waals surface area contributed by atoms with E-state index in [9.17, 15) is 4.79 Å². The van der Waals surface area contributed by atoms with Crippen LogP contribution in [0.4, 0.5) is 0 Å². The van der Waals surface area contributed by atoms with Crippen LogP contribution in [0.2, 0.25) is 0 Å². The van der Waals surface area contributed by atoms with Crippen molar-refractivity contribution in [3.63, 3.8) is 0 Å². The zero-order valence-electron chi connectivity index (χ0n) is 10.5. The number of hydrogen-bond donors (Lipinski definition) is 1. The topological polar surface area (TPSA) is 63.3 Å². The molecule has 0 spiro atoms. The minimum absolute atomic E-state index is 0.234. The fourth-order valence-electron chi connectivity index (χ4n) is 2.41. The number of aromatic nitrogens is 1. The molecule has 3 rings (SSSR count). The summed E-state index contributed by atoms with van der Waals surface area (Å²) in [6.45, 7) is 0. The van der Waals surface area contributed by atoms with Gasteiger partial charge in [-0.05, 0) is 31.0 Å². The second-order valence-electron chi connectivity index (χ2n) is 4.85. The summed E-state index contributed by atoms with van der Waals surface area (Å²) < 4.78 is 5.65. The maximum Gasteiger partial charge on any atom is 0.335 e. The highest BCUT2D eigenvalue weighted by atomic mass is 32.2. The van der Waals surface area contributed by atoms with Crippen LogP contribution in [-0.4, -0.2) is 21.3 Å². The van der Waals surface area contributed by atoms with Gasteiger partial charge in [-0.1, -0.05) is 31.0 Å². The number of nitrogens with zero attached hydrogens (tertiary/aromatic N) is 1. The average molecular weight is 277 g/mol. The van der Waals surface area contributed by atoms with Crippen molar-refractivity contribution in [3.05, 3.63) is 23.8 Å². The number of thioether (sulfide) groups is 1. The molecule has 100 valence electrons. The minimum Gasteiger partial charge on any atom is -0.478 e. The van der Waals surface area contributed by atoms with Crippen molar-refractivity contribution in [3.8, 4) is 0 Å². The SMILES string of the molecule is O=C(O)c1ccc2nc(SC3CCCCC3)oc2c1. The molecule has 0 bridgehead atoms. The van der Waals surface area contributed by atoms with Gasteiger partial charge in [-0.25, -0.2) is 9.78 Å². The number of carboxylic acid groups (broad SMARTS) is 1. The van der Waals surface area contributed by atoms with Crippen LogP contribution in [0.1, 0.15) is 42.5 Å². The molecule has 1 saturated carbocycles. The summed E-state index contributed by atoms with van der Waals surface area (Å²) in [5, 5.41) is 10.2. The van der Waals surface area contributed by atoms with E-state index in [4.69, 9.17) is 9.52 Å². The summed E-state index contributed by atoms with van der Waals surface area (Å²) in [6, 6.07) is 4.80. The Hall–Kier alpha value is -1.49. The zero-order valence-corrected chi connectivity index (χ0v) is 11.3. The molecule has 0 atom stereocenters. The molecule has 4 nitrogen and oxygen atoms in total. The van der Waals surface area contributed by atoms with Crippen molar-refractivity contribution >= 4 is 28.8 Å². The van der Waals surface area contributed by atoms with Gasteiger partial charge in [0, 0.05) is 5.25 Å². The Bertz CT molecular complexity index is 602. The van der Waals surface area contributed by atoms with E-state index in [2.05, 4.69) is 4.98 Å². The van der Waals surface area contributed by atoms with Crippen LogP contribution in [0.25, 0.3) is 11.1 Å². The maximum atomic E-state index is 10.9. The lowest BCUT2D eigenvalue weighted by molar-refractivity contribution is 0.0697. The third-order valence-electron chi connectivity index (χ3n) is 3.44. The van der Waals surface area contributed by atoms with Crippen LogP contribution in [-0.2, 0) is 0 Å². The molecule has 2 aromatic rings. The van der Waals surface area contributed by atoms with E-state index >= 15 is 0 Å². The number of hydrogen-bond acceptors (Lipinski definition) is 4. The number of carbonyl (C=O) groups is 1. The Labute approximate surface area is 115 Å². The summed E-state index contributed by atoms with van der Waals surface area (Å²) in [4.78, 5) is 15.3. The third kappa shape index (κ3) is 2.76. The molecular formula is C14H15NO3S. The van der Waals surface area contributed by atoms with Gasteiger partial charge in [0.15, 0.2) is 5.58 Å². The van der Waals surface area contributed by atoms with Crippen LogP contribution in [0, 0.1) is 0 Å². The Morgan fingerprint density at radius 2 is 2.11 bits per heavy atom. The Morgan fingerprint density at radius 1 is 1.32 bits per heavy atom. The largest absolute Gasteiger partial charge is 0.478 e. The van der Waals surface area contributed by atoms with Gasteiger partial charge in [-0.2, -0.15) is 0 Å². The summed E-state index contributed by atoms with van der Waals surface area (Å²) in [5.41, 5.74) is 1.51. The van der Waals surface area contributed by atoms with Gasteiger partial charge in [-0.15, -0.1) is 0 Å². The van der Waals surface area contributed by atoms with Crippen molar-refractivity contribution in [2.24, 2.45) is 0 Å². The van der Waals surface area contributed by atoms with Crippen LogP contribution >= 0.6 is 11.8 Å². The van der Waals surface area contributed by atoms with Gasteiger partial charge >= 0.3 is 5.97 Å². The van der Waals surface area contributed by atoms with E-state index < -0.39 is 5.97 Å². The smallest absolute Gasteiger partial charge is 0.335 e. The number of fused-ring (bicyclic) bond motifs is 1. The van der Waals surface area contributed by atoms with Gasteiger partial charge in [-0.3, -0.25) is 0 Å². The van der Waals surface area contributed by atoms with Crippen molar-refractivity contribution in [1.82, 2.24) is 4.98 Å². The Balaban J connectivity index is 1.82. The van der Waals surface area contributed by atoms with Gasteiger partial charge in [0.25, 0.3) is 5.22 Å². The molecule has 1 aliphatic carbocycles. The molecule has 0 aliphatic heterocycles. The van der Waals surface area contributed by atoms with Gasteiger partial charge in [0.2, 0.25) is 0 Å². The Morgan fingerprint density at radius 3 is 2.84 bits per heavy atom. The van der Waals surface area contributed by atoms with Crippen LogP contribution in [0.3, 0.4) is 0 Å². The highest BCUT2D eigenvalue weighted by Gasteiger charge is 2.18. The Kier molecular flexibility index (Phi) is 3.46. The molecule has 1 heterocycles. The zero-order chi connectivity index (χ0) is 13.2. The van der Waals surface area contributed by atoms with Crippen LogP contribution in [0.5, 0.6) is 0 Å². The first-order valence-corrected chi connectivity index (χ1v) is 7.41.